The van der Waals surface area contributed by atoms with Crippen LogP contribution in [0.3, 0.4) is 0 Å². The van der Waals surface area contributed by atoms with Crippen LogP contribution in [0.1, 0.15) is 32.3 Å². The molecule has 2 atom stereocenters. The third-order valence-electron chi connectivity index (χ3n) is 2.79. The van der Waals surface area contributed by atoms with Gasteiger partial charge in [0.2, 0.25) is 0 Å². The van der Waals surface area contributed by atoms with Crippen molar-refractivity contribution < 1.29 is 9.13 Å². The average Bonchev–Trinajstić information content (AvgIpc) is 2.28. The van der Waals surface area contributed by atoms with Crippen molar-refractivity contribution in [3.63, 3.8) is 0 Å². The molecule has 96 valence electrons. The van der Waals surface area contributed by atoms with Gasteiger partial charge in [0.05, 0.1) is 6.10 Å². The number of rotatable bonds is 7. The lowest BCUT2D eigenvalue weighted by Crippen LogP contribution is -2.38. The molecule has 0 spiro atoms. The first-order valence-electron chi connectivity index (χ1n) is 6.29. The van der Waals surface area contributed by atoms with Gasteiger partial charge in [-0.3, -0.25) is 0 Å². The van der Waals surface area contributed by atoms with Gasteiger partial charge in [-0.1, -0.05) is 25.5 Å². The Morgan fingerprint density at radius 2 is 2.12 bits per heavy atom. The maximum Gasteiger partial charge on any atom is 0.123 e. The van der Waals surface area contributed by atoms with Crippen LogP contribution in [0.2, 0.25) is 0 Å². The van der Waals surface area contributed by atoms with Gasteiger partial charge >= 0.3 is 0 Å². The highest BCUT2D eigenvalue weighted by molar-refractivity contribution is 5.17. The van der Waals surface area contributed by atoms with E-state index in [0.29, 0.717) is 13.0 Å². The van der Waals surface area contributed by atoms with E-state index in [9.17, 15) is 4.39 Å². The van der Waals surface area contributed by atoms with Gasteiger partial charge in [-0.25, -0.2) is 4.39 Å². The van der Waals surface area contributed by atoms with E-state index in [1.54, 1.807) is 6.07 Å². The molecule has 0 radical (unpaired) electrons. The third kappa shape index (κ3) is 4.84. The Kier molecular flexibility index (Phi) is 6.16. The summed E-state index contributed by atoms with van der Waals surface area (Å²) < 4.78 is 18.7. The molecule has 2 unspecified atom stereocenters. The van der Waals surface area contributed by atoms with Crippen molar-refractivity contribution in [2.75, 3.05) is 6.61 Å². The number of ether oxygens (including phenoxy) is 1. The number of benzene rings is 1. The van der Waals surface area contributed by atoms with Gasteiger partial charge in [0.1, 0.15) is 5.82 Å². The predicted molar refractivity (Wildman–Crippen MR) is 68.4 cm³/mol. The van der Waals surface area contributed by atoms with Gasteiger partial charge in [-0.15, -0.1) is 0 Å². The summed E-state index contributed by atoms with van der Waals surface area (Å²) in [7, 11) is 0. The number of hydrogen-bond donors (Lipinski definition) is 1. The number of hydrogen-bond acceptors (Lipinski definition) is 2. The van der Waals surface area contributed by atoms with Crippen molar-refractivity contribution in [2.45, 2.75) is 45.3 Å². The van der Waals surface area contributed by atoms with E-state index in [1.807, 2.05) is 13.0 Å². The minimum absolute atomic E-state index is 0.0632. The fourth-order valence-electron chi connectivity index (χ4n) is 1.99. The van der Waals surface area contributed by atoms with Crippen LogP contribution in [0.4, 0.5) is 4.39 Å². The Hall–Kier alpha value is -0.930. The molecule has 0 aromatic heterocycles. The molecule has 2 N–H and O–H groups in total. The molecular formula is C14H22FNO. The second kappa shape index (κ2) is 7.41. The normalized spacial score (nSPS) is 14.6. The molecule has 0 saturated carbocycles. The van der Waals surface area contributed by atoms with Crippen molar-refractivity contribution in [1.29, 1.82) is 0 Å². The highest BCUT2D eigenvalue weighted by Crippen LogP contribution is 2.12. The van der Waals surface area contributed by atoms with Gasteiger partial charge in [-0.2, -0.15) is 0 Å². The Balaban J connectivity index is 2.59. The lowest BCUT2D eigenvalue weighted by atomic mass is 9.99. The second-order valence-corrected chi connectivity index (χ2v) is 4.28. The summed E-state index contributed by atoms with van der Waals surface area (Å²) in [5.41, 5.74) is 7.05. The van der Waals surface area contributed by atoms with Crippen molar-refractivity contribution in [3.8, 4) is 0 Å². The largest absolute Gasteiger partial charge is 0.377 e. The van der Waals surface area contributed by atoms with Gasteiger partial charge in [0.25, 0.3) is 0 Å². The first kappa shape index (κ1) is 14.1. The molecule has 0 heterocycles. The maximum atomic E-state index is 13.0. The van der Waals surface area contributed by atoms with E-state index in [4.69, 9.17) is 10.5 Å². The molecule has 0 aliphatic heterocycles. The molecule has 0 saturated heterocycles. The predicted octanol–water partition coefficient (Wildman–Crippen LogP) is 2.90. The smallest absolute Gasteiger partial charge is 0.123 e. The molecule has 1 rings (SSSR count). The fraction of sp³-hybridized carbons (Fsp3) is 0.571. The summed E-state index contributed by atoms with van der Waals surface area (Å²) >= 11 is 0. The van der Waals surface area contributed by atoms with E-state index < -0.39 is 0 Å². The van der Waals surface area contributed by atoms with Crippen LogP contribution in [0, 0.1) is 5.82 Å². The molecule has 0 fully saturated rings. The summed E-state index contributed by atoms with van der Waals surface area (Å²) in [6, 6.07) is 6.53. The van der Waals surface area contributed by atoms with Crippen LogP contribution in [0.15, 0.2) is 24.3 Å². The summed E-state index contributed by atoms with van der Waals surface area (Å²) in [6.45, 7) is 4.75. The zero-order valence-electron chi connectivity index (χ0n) is 10.7. The fourth-order valence-corrected chi connectivity index (χ4v) is 1.99. The Morgan fingerprint density at radius 1 is 1.35 bits per heavy atom. The Labute approximate surface area is 103 Å². The molecule has 17 heavy (non-hydrogen) atoms. The van der Waals surface area contributed by atoms with Crippen LogP contribution in [0.25, 0.3) is 0 Å². The van der Waals surface area contributed by atoms with E-state index in [-0.39, 0.29) is 18.0 Å². The number of nitrogens with two attached hydrogens (primary N) is 1. The zero-order valence-corrected chi connectivity index (χ0v) is 10.7. The Bertz CT molecular complexity index is 324. The molecule has 0 bridgehead atoms. The van der Waals surface area contributed by atoms with Crippen molar-refractivity contribution in [2.24, 2.45) is 5.73 Å². The van der Waals surface area contributed by atoms with Crippen molar-refractivity contribution >= 4 is 0 Å². The maximum absolute atomic E-state index is 13.0. The van der Waals surface area contributed by atoms with Crippen LogP contribution in [-0.2, 0) is 11.2 Å². The third-order valence-corrected chi connectivity index (χ3v) is 2.79. The highest BCUT2D eigenvalue weighted by atomic mass is 19.1. The van der Waals surface area contributed by atoms with Crippen molar-refractivity contribution in [1.82, 2.24) is 0 Å². The summed E-state index contributed by atoms with van der Waals surface area (Å²) in [6.07, 6.45) is 2.71. The van der Waals surface area contributed by atoms with Crippen LogP contribution in [-0.4, -0.2) is 18.8 Å². The Morgan fingerprint density at radius 3 is 2.71 bits per heavy atom. The minimum atomic E-state index is -0.210. The monoisotopic (exact) mass is 239 g/mol. The van der Waals surface area contributed by atoms with Gasteiger partial charge < -0.3 is 10.5 Å². The summed E-state index contributed by atoms with van der Waals surface area (Å²) in [4.78, 5) is 0. The summed E-state index contributed by atoms with van der Waals surface area (Å²) in [5, 5.41) is 0. The molecule has 0 aliphatic carbocycles. The van der Waals surface area contributed by atoms with Gasteiger partial charge in [-0.05, 0) is 37.5 Å². The first-order valence-corrected chi connectivity index (χ1v) is 6.29. The zero-order chi connectivity index (χ0) is 12.7. The average molecular weight is 239 g/mol. The molecule has 1 aromatic carbocycles. The van der Waals surface area contributed by atoms with Crippen molar-refractivity contribution in [3.05, 3.63) is 35.6 Å². The standard InChI is InChI=1S/C14H22FNO/c1-3-6-14(17-4-2)13(16)10-11-7-5-8-12(15)9-11/h5,7-9,13-14H,3-4,6,10,16H2,1-2H3. The second-order valence-electron chi connectivity index (χ2n) is 4.28. The molecular weight excluding hydrogens is 217 g/mol. The number of halogens is 1. The van der Waals surface area contributed by atoms with Gasteiger partial charge in [0, 0.05) is 12.6 Å². The molecule has 1 aromatic rings. The lowest BCUT2D eigenvalue weighted by molar-refractivity contribution is 0.0378. The molecule has 0 aliphatic rings. The van der Waals surface area contributed by atoms with Crippen LogP contribution in [0.5, 0.6) is 0 Å². The van der Waals surface area contributed by atoms with Gasteiger partial charge in [0.15, 0.2) is 0 Å². The summed E-state index contributed by atoms with van der Waals surface area (Å²) in [5.74, 6) is -0.210. The van der Waals surface area contributed by atoms with E-state index in [2.05, 4.69) is 6.92 Å². The quantitative estimate of drug-likeness (QED) is 0.794. The molecule has 2 nitrogen and oxygen atoms in total. The van der Waals surface area contributed by atoms with Crippen LogP contribution < -0.4 is 5.73 Å². The first-order chi connectivity index (χ1) is 8.17. The van der Waals surface area contributed by atoms with Crippen LogP contribution >= 0.6 is 0 Å². The highest BCUT2D eigenvalue weighted by Gasteiger charge is 2.17. The molecule has 3 heteroatoms. The van der Waals surface area contributed by atoms with E-state index in [0.717, 1.165) is 18.4 Å². The van der Waals surface area contributed by atoms with E-state index >= 15 is 0 Å². The van der Waals surface area contributed by atoms with E-state index in [1.165, 1.54) is 12.1 Å². The minimum Gasteiger partial charge on any atom is -0.377 e. The topological polar surface area (TPSA) is 35.2 Å². The molecule has 0 amide bonds. The lowest BCUT2D eigenvalue weighted by Gasteiger charge is -2.23. The SMILES string of the molecule is CCCC(OCC)C(N)Cc1cccc(F)c1.